The Labute approximate surface area is 181 Å². The Morgan fingerprint density at radius 1 is 1.19 bits per heavy atom. The Morgan fingerprint density at radius 2 is 1.97 bits per heavy atom. The number of nitrogens with two attached hydrogens (primary N) is 1. The van der Waals surface area contributed by atoms with Crippen molar-refractivity contribution in [1.82, 2.24) is 24.7 Å². The van der Waals surface area contributed by atoms with E-state index in [0.29, 0.717) is 19.0 Å². The van der Waals surface area contributed by atoms with Crippen LogP contribution in [0.15, 0.2) is 41.3 Å². The standard InChI is InChI=1S/C22H29N7O2/c23-22-6-10-27(15-17(22)13-22)14-16-1-3-18(4-2-16)29-9-5-19(26-21(29)31)25-20(30)28-11-7-24-8-12-28/h1-5,9,17,24H,6-8,10-15,23H2,(H,25,26,30,31). The molecule has 3 fully saturated rings. The minimum absolute atomic E-state index is 0.116. The lowest BCUT2D eigenvalue weighted by Gasteiger charge is -2.29. The number of urea groups is 1. The first-order valence-corrected chi connectivity index (χ1v) is 11.0. The number of fused-ring (bicyclic) bond motifs is 1. The lowest BCUT2D eigenvalue weighted by molar-refractivity contribution is 0.200. The fourth-order valence-corrected chi connectivity index (χ4v) is 4.61. The lowest BCUT2D eigenvalue weighted by atomic mass is 10.0. The number of hydrogen-bond donors (Lipinski definition) is 3. The van der Waals surface area contributed by atoms with Crippen molar-refractivity contribution in [2.45, 2.75) is 24.9 Å². The first-order valence-electron chi connectivity index (χ1n) is 11.0. The van der Waals surface area contributed by atoms with Gasteiger partial charge in [0.25, 0.3) is 0 Å². The van der Waals surface area contributed by atoms with E-state index in [1.165, 1.54) is 10.1 Å². The first-order chi connectivity index (χ1) is 15.0. The molecule has 2 aromatic rings. The van der Waals surface area contributed by atoms with Crippen LogP contribution in [0.4, 0.5) is 10.6 Å². The molecule has 3 aliphatic rings. The largest absolute Gasteiger partial charge is 0.354 e. The molecule has 3 heterocycles. The van der Waals surface area contributed by atoms with Gasteiger partial charge in [-0.3, -0.25) is 14.8 Å². The van der Waals surface area contributed by atoms with Crippen LogP contribution in [0.25, 0.3) is 5.69 Å². The van der Waals surface area contributed by atoms with Gasteiger partial charge in [0.1, 0.15) is 5.82 Å². The molecule has 2 aliphatic heterocycles. The maximum absolute atomic E-state index is 12.5. The van der Waals surface area contributed by atoms with Crippen LogP contribution in [-0.2, 0) is 6.54 Å². The summed E-state index contributed by atoms with van der Waals surface area (Å²) in [6.07, 6.45) is 3.88. The average Bonchev–Trinajstić information content (AvgIpc) is 3.46. The molecule has 0 bridgehead atoms. The predicted molar refractivity (Wildman–Crippen MR) is 118 cm³/mol. The van der Waals surface area contributed by atoms with Crippen LogP contribution in [0.3, 0.4) is 0 Å². The van der Waals surface area contributed by atoms with E-state index in [1.54, 1.807) is 17.2 Å². The molecule has 1 aromatic heterocycles. The van der Waals surface area contributed by atoms with E-state index in [9.17, 15) is 9.59 Å². The van der Waals surface area contributed by atoms with Gasteiger partial charge in [0.05, 0.1) is 5.69 Å². The Bertz CT molecular complexity index is 1020. The van der Waals surface area contributed by atoms with Gasteiger partial charge in [0, 0.05) is 57.5 Å². The number of anilines is 1. The van der Waals surface area contributed by atoms with Crippen LogP contribution in [0.2, 0.25) is 0 Å². The Hall–Kier alpha value is -2.75. The molecule has 2 atom stereocenters. The minimum Gasteiger partial charge on any atom is -0.325 e. The normalized spacial score (nSPS) is 25.7. The highest BCUT2D eigenvalue weighted by atomic mass is 16.2. The molecule has 0 radical (unpaired) electrons. The van der Waals surface area contributed by atoms with Crippen molar-refractivity contribution < 1.29 is 4.79 Å². The molecule has 9 heteroatoms. The van der Waals surface area contributed by atoms with Crippen LogP contribution < -0.4 is 22.1 Å². The van der Waals surface area contributed by atoms with Gasteiger partial charge in [0.15, 0.2) is 0 Å². The van der Waals surface area contributed by atoms with Crippen LogP contribution >= 0.6 is 0 Å². The van der Waals surface area contributed by atoms with Crippen molar-refractivity contribution in [1.29, 1.82) is 0 Å². The second-order valence-corrected chi connectivity index (χ2v) is 8.92. The highest BCUT2D eigenvalue weighted by molar-refractivity contribution is 5.88. The molecule has 0 spiro atoms. The number of benzene rings is 1. The first kappa shape index (κ1) is 20.2. The van der Waals surface area contributed by atoms with E-state index in [2.05, 4.69) is 32.7 Å². The Balaban J connectivity index is 1.21. The summed E-state index contributed by atoms with van der Waals surface area (Å²) < 4.78 is 1.48. The summed E-state index contributed by atoms with van der Waals surface area (Å²) in [5.74, 6) is 0.915. The molecular weight excluding hydrogens is 394 g/mol. The summed E-state index contributed by atoms with van der Waals surface area (Å²) in [6.45, 7) is 5.83. The summed E-state index contributed by atoms with van der Waals surface area (Å²) in [7, 11) is 0. The molecule has 31 heavy (non-hydrogen) atoms. The van der Waals surface area contributed by atoms with Crippen LogP contribution in [-0.4, -0.2) is 70.2 Å². The second-order valence-electron chi connectivity index (χ2n) is 8.92. The number of rotatable bonds is 4. The van der Waals surface area contributed by atoms with E-state index in [1.807, 2.05) is 12.1 Å². The third-order valence-electron chi connectivity index (χ3n) is 6.71. The number of nitrogens with one attached hydrogen (secondary N) is 2. The average molecular weight is 424 g/mol. The molecular formula is C22H29N7O2. The highest BCUT2D eigenvalue weighted by Gasteiger charge is 2.53. The number of carbonyl (C=O) groups is 1. The Morgan fingerprint density at radius 3 is 2.68 bits per heavy atom. The van der Waals surface area contributed by atoms with Crippen molar-refractivity contribution in [3.63, 3.8) is 0 Å². The topological polar surface area (TPSA) is 109 Å². The number of likely N-dealkylation sites (tertiary alicyclic amines) is 1. The van der Waals surface area contributed by atoms with Crippen molar-refractivity contribution in [2.75, 3.05) is 44.6 Å². The number of aromatic nitrogens is 2. The smallest absolute Gasteiger partial charge is 0.325 e. The third kappa shape index (κ3) is 4.34. The van der Waals surface area contributed by atoms with Gasteiger partial charge in [-0.2, -0.15) is 4.98 Å². The monoisotopic (exact) mass is 423 g/mol. The van der Waals surface area contributed by atoms with Crippen molar-refractivity contribution >= 4 is 11.8 Å². The summed E-state index contributed by atoms with van der Waals surface area (Å²) in [5, 5.41) is 5.92. The molecule has 2 saturated heterocycles. The molecule has 4 N–H and O–H groups in total. The number of carbonyl (C=O) groups excluding carboxylic acids is 1. The fourth-order valence-electron chi connectivity index (χ4n) is 4.61. The molecule has 2 amide bonds. The summed E-state index contributed by atoms with van der Waals surface area (Å²) in [6, 6.07) is 9.40. The number of piperidine rings is 1. The molecule has 1 saturated carbocycles. The zero-order chi connectivity index (χ0) is 21.4. The number of amides is 2. The van der Waals surface area contributed by atoms with Crippen molar-refractivity contribution in [2.24, 2.45) is 11.7 Å². The second kappa shape index (κ2) is 8.07. The molecule has 5 rings (SSSR count). The zero-order valence-electron chi connectivity index (χ0n) is 17.6. The third-order valence-corrected chi connectivity index (χ3v) is 6.71. The minimum atomic E-state index is -0.421. The van der Waals surface area contributed by atoms with E-state index in [-0.39, 0.29) is 17.4 Å². The SMILES string of the molecule is NC12CCN(Cc3ccc(-n4ccc(NC(=O)N5CCNCC5)nc4=O)cc3)CC1C2. The number of nitrogens with zero attached hydrogens (tertiary/aromatic N) is 4. The van der Waals surface area contributed by atoms with Gasteiger partial charge >= 0.3 is 11.7 Å². The van der Waals surface area contributed by atoms with Crippen molar-refractivity contribution in [3.05, 3.63) is 52.6 Å². The van der Waals surface area contributed by atoms with E-state index in [4.69, 9.17) is 5.73 Å². The predicted octanol–water partition coefficient (Wildman–Crippen LogP) is 0.593. The summed E-state index contributed by atoms with van der Waals surface area (Å²) >= 11 is 0. The van der Waals surface area contributed by atoms with Gasteiger partial charge in [0.2, 0.25) is 0 Å². The summed E-state index contributed by atoms with van der Waals surface area (Å²) in [4.78, 5) is 33.0. The fraction of sp³-hybridized carbons (Fsp3) is 0.500. The quantitative estimate of drug-likeness (QED) is 0.664. The van der Waals surface area contributed by atoms with Crippen LogP contribution in [0.5, 0.6) is 0 Å². The molecule has 164 valence electrons. The van der Waals surface area contributed by atoms with E-state index in [0.717, 1.165) is 51.3 Å². The molecule has 2 unspecified atom stereocenters. The Kier molecular flexibility index (Phi) is 5.25. The number of hydrogen-bond acceptors (Lipinski definition) is 6. The van der Waals surface area contributed by atoms with Gasteiger partial charge in [-0.1, -0.05) is 12.1 Å². The maximum Gasteiger partial charge on any atom is 0.354 e. The van der Waals surface area contributed by atoms with Gasteiger partial charge in [-0.15, -0.1) is 0 Å². The molecule has 1 aromatic carbocycles. The van der Waals surface area contributed by atoms with Crippen LogP contribution in [0.1, 0.15) is 18.4 Å². The zero-order valence-corrected chi connectivity index (χ0v) is 17.6. The van der Waals surface area contributed by atoms with Gasteiger partial charge in [-0.25, -0.2) is 9.59 Å². The molecule has 1 aliphatic carbocycles. The molecule has 9 nitrogen and oxygen atoms in total. The van der Waals surface area contributed by atoms with Gasteiger partial charge in [-0.05, 0) is 42.5 Å². The number of piperazine rings is 1. The van der Waals surface area contributed by atoms with E-state index < -0.39 is 5.69 Å². The van der Waals surface area contributed by atoms with Crippen molar-refractivity contribution in [3.8, 4) is 5.69 Å². The lowest BCUT2D eigenvalue weighted by Crippen LogP contribution is -2.48. The highest BCUT2D eigenvalue weighted by Crippen LogP contribution is 2.47. The maximum atomic E-state index is 12.5. The van der Waals surface area contributed by atoms with Gasteiger partial charge < -0.3 is 16.0 Å². The van der Waals surface area contributed by atoms with Crippen LogP contribution in [0, 0.1) is 5.92 Å². The summed E-state index contributed by atoms with van der Waals surface area (Å²) in [5.41, 5.74) is 7.95. The van der Waals surface area contributed by atoms with E-state index >= 15 is 0 Å².